The summed E-state index contributed by atoms with van der Waals surface area (Å²) in [5, 5.41) is 3.24. The molecule has 0 saturated carbocycles. The lowest BCUT2D eigenvalue weighted by Crippen LogP contribution is -2.44. The fourth-order valence-electron chi connectivity index (χ4n) is 2.05. The zero-order chi connectivity index (χ0) is 9.80. The first-order valence-corrected chi connectivity index (χ1v) is 5.42. The van der Waals surface area contributed by atoms with Gasteiger partial charge in [-0.05, 0) is 19.4 Å². The van der Waals surface area contributed by atoms with Gasteiger partial charge in [0.15, 0.2) is 5.78 Å². The summed E-state index contributed by atoms with van der Waals surface area (Å²) in [5.74, 6) is 0.351. The summed E-state index contributed by atoms with van der Waals surface area (Å²) in [4.78, 5) is 14.0. The van der Waals surface area contributed by atoms with Crippen LogP contribution in [0.25, 0.3) is 0 Å². The summed E-state index contributed by atoms with van der Waals surface area (Å²) in [6.45, 7) is 4.94. The number of carbonyl (C=O) groups is 1. The third-order valence-electron chi connectivity index (χ3n) is 2.93. The Kier molecular flexibility index (Phi) is 3.50. The van der Waals surface area contributed by atoms with Crippen LogP contribution in [0.15, 0.2) is 0 Å². The molecule has 1 N–H and O–H groups in total. The molecule has 0 bridgehead atoms. The Morgan fingerprint density at radius 1 is 1.43 bits per heavy atom. The maximum Gasteiger partial charge on any atom is 0.163 e. The second-order valence-electron chi connectivity index (χ2n) is 4.00. The Balaban J connectivity index is 1.75. The number of nitrogens with one attached hydrogen (secondary N) is 1. The fraction of sp³-hybridized carbons (Fsp3) is 0.900. The lowest BCUT2D eigenvalue weighted by atomic mass is 10.1. The third kappa shape index (κ3) is 2.53. The Morgan fingerprint density at radius 3 is 2.86 bits per heavy atom. The van der Waals surface area contributed by atoms with Crippen molar-refractivity contribution in [1.82, 2.24) is 10.2 Å². The van der Waals surface area contributed by atoms with Gasteiger partial charge in [-0.1, -0.05) is 0 Å². The second kappa shape index (κ2) is 4.87. The normalized spacial score (nSPS) is 29.3. The first kappa shape index (κ1) is 10.1. The predicted octanol–water partition coefficient (Wildman–Crippen LogP) is -0.360. The van der Waals surface area contributed by atoms with Crippen LogP contribution in [0.4, 0.5) is 0 Å². The van der Waals surface area contributed by atoms with E-state index >= 15 is 0 Å². The van der Waals surface area contributed by atoms with E-state index < -0.39 is 0 Å². The van der Waals surface area contributed by atoms with Crippen molar-refractivity contribution in [2.24, 2.45) is 0 Å². The molecule has 0 spiro atoms. The van der Waals surface area contributed by atoms with E-state index in [1.807, 2.05) is 0 Å². The molecule has 0 radical (unpaired) electrons. The molecular formula is C10H18N2O2. The van der Waals surface area contributed by atoms with Crippen molar-refractivity contribution in [1.29, 1.82) is 0 Å². The smallest absolute Gasteiger partial charge is 0.163 e. The molecule has 0 amide bonds. The minimum atomic E-state index is 0.123. The largest absolute Gasteiger partial charge is 0.379 e. The summed E-state index contributed by atoms with van der Waals surface area (Å²) in [7, 11) is 0. The molecule has 0 aromatic heterocycles. The summed E-state index contributed by atoms with van der Waals surface area (Å²) < 4.78 is 5.24. The maximum absolute atomic E-state index is 11.8. The van der Waals surface area contributed by atoms with Crippen molar-refractivity contribution in [3.05, 3.63) is 0 Å². The lowest BCUT2D eigenvalue weighted by Gasteiger charge is -2.26. The van der Waals surface area contributed by atoms with Gasteiger partial charge in [0.1, 0.15) is 0 Å². The number of ether oxygens (including phenoxy) is 1. The molecule has 4 nitrogen and oxygen atoms in total. The molecule has 4 heteroatoms. The van der Waals surface area contributed by atoms with E-state index in [2.05, 4.69) is 10.2 Å². The van der Waals surface area contributed by atoms with Crippen LogP contribution in [0.5, 0.6) is 0 Å². The highest BCUT2D eigenvalue weighted by Gasteiger charge is 2.24. The van der Waals surface area contributed by atoms with Gasteiger partial charge in [-0.15, -0.1) is 0 Å². The van der Waals surface area contributed by atoms with Crippen molar-refractivity contribution in [3.8, 4) is 0 Å². The first-order chi connectivity index (χ1) is 6.86. The highest BCUT2D eigenvalue weighted by Crippen LogP contribution is 2.07. The Bertz CT molecular complexity index is 196. The molecule has 0 aromatic carbocycles. The number of hydrogen-bond acceptors (Lipinski definition) is 4. The number of morpholine rings is 1. The van der Waals surface area contributed by atoms with Gasteiger partial charge < -0.3 is 10.1 Å². The molecule has 2 saturated heterocycles. The highest BCUT2D eigenvalue weighted by molar-refractivity contribution is 5.86. The van der Waals surface area contributed by atoms with E-state index in [1.54, 1.807) is 0 Å². The monoisotopic (exact) mass is 198 g/mol. The summed E-state index contributed by atoms with van der Waals surface area (Å²) >= 11 is 0. The standard InChI is InChI=1S/C10H18N2O2/c13-10(9-2-1-3-11-9)8-12-4-6-14-7-5-12/h9,11H,1-8H2. The van der Waals surface area contributed by atoms with Crippen LogP contribution in [0.1, 0.15) is 12.8 Å². The van der Waals surface area contributed by atoms with Crippen molar-refractivity contribution in [2.75, 3.05) is 39.4 Å². The average Bonchev–Trinajstić information content (AvgIpc) is 2.72. The Labute approximate surface area is 84.6 Å². The molecule has 14 heavy (non-hydrogen) atoms. The third-order valence-corrected chi connectivity index (χ3v) is 2.93. The first-order valence-electron chi connectivity index (χ1n) is 5.42. The zero-order valence-corrected chi connectivity index (χ0v) is 8.50. The molecular weight excluding hydrogens is 180 g/mol. The molecule has 2 aliphatic heterocycles. The highest BCUT2D eigenvalue weighted by atomic mass is 16.5. The van der Waals surface area contributed by atoms with Crippen molar-refractivity contribution in [3.63, 3.8) is 0 Å². The molecule has 0 aliphatic carbocycles. The van der Waals surface area contributed by atoms with E-state index in [1.165, 1.54) is 0 Å². The minimum absolute atomic E-state index is 0.123. The summed E-state index contributed by atoms with van der Waals surface area (Å²) in [6.07, 6.45) is 2.16. The predicted molar refractivity (Wildman–Crippen MR) is 53.3 cm³/mol. The maximum atomic E-state index is 11.8. The number of carbonyl (C=O) groups excluding carboxylic acids is 1. The zero-order valence-electron chi connectivity index (χ0n) is 8.50. The van der Waals surface area contributed by atoms with Crippen LogP contribution in [-0.2, 0) is 9.53 Å². The van der Waals surface area contributed by atoms with Gasteiger partial charge in [0, 0.05) is 13.1 Å². The van der Waals surface area contributed by atoms with Crippen LogP contribution >= 0.6 is 0 Å². The van der Waals surface area contributed by atoms with Crippen molar-refractivity contribution < 1.29 is 9.53 Å². The number of hydrogen-bond donors (Lipinski definition) is 1. The SMILES string of the molecule is O=C(CN1CCOCC1)C1CCCN1. The van der Waals surface area contributed by atoms with Gasteiger partial charge in [0.05, 0.1) is 25.8 Å². The van der Waals surface area contributed by atoms with Gasteiger partial charge >= 0.3 is 0 Å². The van der Waals surface area contributed by atoms with Crippen LogP contribution in [0.3, 0.4) is 0 Å². The van der Waals surface area contributed by atoms with Crippen LogP contribution < -0.4 is 5.32 Å². The molecule has 0 aromatic rings. The van der Waals surface area contributed by atoms with Gasteiger partial charge in [0.2, 0.25) is 0 Å². The topological polar surface area (TPSA) is 41.6 Å². The second-order valence-corrected chi connectivity index (χ2v) is 4.00. The Hall–Kier alpha value is -0.450. The minimum Gasteiger partial charge on any atom is -0.379 e. The molecule has 1 unspecified atom stereocenters. The average molecular weight is 198 g/mol. The summed E-state index contributed by atoms with van der Waals surface area (Å²) in [5.41, 5.74) is 0. The number of ketones is 1. The number of nitrogens with zero attached hydrogens (tertiary/aromatic N) is 1. The van der Waals surface area contributed by atoms with E-state index in [9.17, 15) is 4.79 Å². The van der Waals surface area contributed by atoms with Crippen molar-refractivity contribution >= 4 is 5.78 Å². The number of Topliss-reactive ketones (excluding diaryl/α,β-unsaturated/α-hetero) is 1. The van der Waals surface area contributed by atoms with Crippen molar-refractivity contribution in [2.45, 2.75) is 18.9 Å². The quantitative estimate of drug-likeness (QED) is 0.672. The van der Waals surface area contributed by atoms with Gasteiger partial charge in [0.25, 0.3) is 0 Å². The van der Waals surface area contributed by atoms with E-state index in [0.29, 0.717) is 12.3 Å². The number of rotatable bonds is 3. The van der Waals surface area contributed by atoms with Gasteiger partial charge in [-0.2, -0.15) is 0 Å². The van der Waals surface area contributed by atoms with E-state index in [0.717, 1.165) is 45.7 Å². The van der Waals surface area contributed by atoms with Gasteiger partial charge in [-0.25, -0.2) is 0 Å². The van der Waals surface area contributed by atoms with E-state index in [4.69, 9.17) is 4.74 Å². The molecule has 2 fully saturated rings. The molecule has 2 rings (SSSR count). The summed E-state index contributed by atoms with van der Waals surface area (Å²) in [6, 6.07) is 0.123. The van der Waals surface area contributed by atoms with E-state index in [-0.39, 0.29) is 6.04 Å². The lowest BCUT2D eigenvalue weighted by molar-refractivity contribution is -0.122. The fourth-order valence-corrected chi connectivity index (χ4v) is 2.05. The van der Waals surface area contributed by atoms with Crippen LogP contribution in [0, 0.1) is 0 Å². The van der Waals surface area contributed by atoms with Crippen LogP contribution in [0.2, 0.25) is 0 Å². The molecule has 2 aliphatic rings. The molecule has 2 heterocycles. The molecule has 80 valence electrons. The Morgan fingerprint density at radius 2 is 2.21 bits per heavy atom. The molecule has 1 atom stereocenters. The van der Waals surface area contributed by atoms with Gasteiger partial charge in [-0.3, -0.25) is 9.69 Å². The van der Waals surface area contributed by atoms with Crippen LogP contribution in [-0.4, -0.2) is 56.1 Å².